The Bertz CT molecular complexity index is 286. The van der Waals surface area contributed by atoms with Crippen LogP contribution in [-0.2, 0) is 0 Å². The lowest BCUT2D eigenvalue weighted by Gasteiger charge is -2.31. The number of H-pyrrole nitrogens is 1. The molecule has 3 nitrogen and oxygen atoms in total. The minimum atomic E-state index is 0.325. The molecule has 0 amide bonds. The fourth-order valence-electron chi connectivity index (χ4n) is 2.06. The molecule has 2 heterocycles. The molecule has 0 radical (unpaired) electrons. The number of hydrogen-bond acceptors (Lipinski definition) is 3. The van der Waals surface area contributed by atoms with E-state index in [0.717, 1.165) is 11.1 Å². The Morgan fingerprint density at radius 3 is 3.20 bits per heavy atom. The summed E-state index contributed by atoms with van der Waals surface area (Å²) in [6.45, 7) is 4.49. The second kappa shape index (κ2) is 5.03. The summed E-state index contributed by atoms with van der Waals surface area (Å²) in [6.07, 6.45) is 6.32. The van der Waals surface area contributed by atoms with Gasteiger partial charge in [0, 0.05) is 23.7 Å². The Labute approximate surface area is 95.4 Å². The zero-order valence-corrected chi connectivity index (χ0v) is 10.2. The van der Waals surface area contributed by atoms with Crippen LogP contribution in [0, 0.1) is 0 Å². The Hall–Kier alpha value is -0.480. The van der Waals surface area contributed by atoms with E-state index in [1.54, 1.807) is 0 Å². The van der Waals surface area contributed by atoms with E-state index in [0.29, 0.717) is 12.1 Å². The molecule has 0 aliphatic carbocycles. The molecule has 0 saturated carbocycles. The first-order valence-electron chi connectivity index (χ1n) is 5.64. The highest BCUT2D eigenvalue weighted by Gasteiger charge is 2.23. The quantitative estimate of drug-likeness (QED) is 0.829. The molecule has 1 aromatic rings. The van der Waals surface area contributed by atoms with Gasteiger partial charge in [0.25, 0.3) is 0 Å². The van der Waals surface area contributed by atoms with E-state index in [9.17, 15) is 0 Å². The van der Waals surface area contributed by atoms with Crippen molar-refractivity contribution in [3.63, 3.8) is 0 Å². The molecule has 0 bridgehead atoms. The van der Waals surface area contributed by atoms with E-state index in [1.165, 1.54) is 18.6 Å². The van der Waals surface area contributed by atoms with Crippen molar-refractivity contribution in [2.45, 2.75) is 44.0 Å². The first kappa shape index (κ1) is 11.0. The van der Waals surface area contributed by atoms with E-state index in [1.807, 2.05) is 12.4 Å². The van der Waals surface area contributed by atoms with Gasteiger partial charge in [-0.1, -0.05) is 6.92 Å². The van der Waals surface area contributed by atoms with Gasteiger partial charge in [0.1, 0.15) is 5.82 Å². The van der Waals surface area contributed by atoms with Gasteiger partial charge < -0.3 is 10.3 Å². The van der Waals surface area contributed by atoms with Crippen LogP contribution in [0.15, 0.2) is 12.4 Å². The van der Waals surface area contributed by atoms with Crippen LogP contribution >= 0.6 is 11.8 Å². The Morgan fingerprint density at radius 1 is 1.67 bits per heavy atom. The lowest BCUT2D eigenvalue weighted by Crippen LogP contribution is -2.40. The van der Waals surface area contributed by atoms with Crippen molar-refractivity contribution in [2.24, 2.45) is 0 Å². The molecular formula is C11H19N3S. The second-order valence-electron chi connectivity index (χ2n) is 4.19. The fraction of sp³-hybridized carbons (Fsp3) is 0.727. The van der Waals surface area contributed by atoms with Gasteiger partial charge in [-0.05, 0) is 25.5 Å². The molecule has 2 rings (SSSR count). The number of hydrogen-bond donors (Lipinski definition) is 2. The van der Waals surface area contributed by atoms with Crippen molar-refractivity contribution in [1.82, 2.24) is 15.3 Å². The van der Waals surface area contributed by atoms with Crippen LogP contribution in [0.5, 0.6) is 0 Å². The van der Waals surface area contributed by atoms with Crippen LogP contribution in [0.25, 0.3) is 0 Å². The minimum Gasteiger partial charge on any atom is -0.347 e. The van der Waals surface area contributed by atoms with Gasteiger partial charge in [-0.25, -0.2) is 4.98 Å². The first-order valence-corrected chi connectivity index (χ1v) is 6.69. The number of imidazole rings is 1. The summed E-state index contributed by atoms with van der Waals surface area (Å²) in [5.41, 5.74) is 0. The maximum atomic E-state index is 4.28. The van der Waals surface area contributed by atoms with Gasteiger partial charge in [0.05, 0.1) is 6.04 Å². The highest BCUT2D eigenvalue weighted by atomic mass is 32.2. The predicted molar refractivity (Wildman–Crippen MR) is 65.1 cm³/mol. The molecule has 84 valence electrons. The average molecular weight is 225 g/mol. The fourth-order valence-corrected chi connectivity index (χ4v) is 3.21. The molecule has 1 aromatic heterocycles. The van der Waals surface area contributed by atoms with Crippen LogP contribution in [-0.4, -0.2) is 27.0 Å². The van der Waals surface area contributed by atoms with Crippen LogP contribution in [0.2, 0.25) is 0 Å². The van der Waals surface area contributed by atoms with Gasteiger partial charge in [-0.2, -0.15) is 11.8 Å². The Morgan fingerprint density at radius 2 is 2.53 bits per heavy atom. The molecule has 1 aliphatic rings. The zero-order chi connectivity index (χ0) is 10.7. The number of aromatic nitrogens is 2. The number of nitrogens with zero attached hydrogens (tertiary/aromatic N) is 1. The van der Waals surface area contributed by atoms with Crippen molar-refractivity contribution < 1.29 is 0 Å². The molecule has 3 atom stereocenters. The topological polar surface area (TPSA) is 40.7 Å². The number of nitrogens with one attached hydrogen (secondary N) is 2. The van der Waals surface area contributed by atoms with Crippen molar-refractivity contribution in [3.8, 4) is 0 Å². The van der Waals surface area contributed by atoms with E-state index in [2.05, 4.69) is 40.9 Å². The van der Waals surface area contributed by atoms with Crippen molar-refractivity contribution in [2.75, 3.05) is 5.75 Å². The maximum absolute atomic E-state index is 4.28. The normalized spacial score (nSPS) is 28.9. The molecule has 1 saturated heterocycles. The predicted octanol–water partition coefficient (Wildman–Crippen LogP) is 2.34. The van der Waals surface area contributed by atoms with Gasteiger partial charge >= 0.3 is 0 Å². The Kier molecular flexibility index (Phi) is 3.70. The standard InChI is InChI=1S/C11H19N3S/c1-8(11-12-5-6-13-11)14-10-4-3-7-15-9(10)2/h5-6,8-10,14H,3-4,7H2,1-2H3,(H,12,13). The highest BCUT2D eigenvalue weighted by Crippen LogP contribution is 2.26. The summed E-state index contributed by atoms with van der Waals surface area (Å²) >= 11 is 2.07. The third kappa shape index (κ3) is 2.75. The van der Waals surface area contributed by atoms with Crippen molar-refractivity contribution >= 4 is 11.8 Å². The van der Waals surface area contributed by atoms with Crippen molar-refractivity contribution in [3.05, 3.63) is 18.2 Å². The molecule has 2 N–H and O–H groups in total. The summed E-state index contributed by atoms with van der Waals surface area (Å²) in [5, 5.41) is 4.38. The Balaban J connectivity index is 1.90. The van der Waals surface area contributed by atoms with Gasteiger partial charge in [-0.3, -0.25) is 0 Å². The van der Waals surface area contributed by atoms with Gasteiger partial charge in [0.15, 0.2) is 0 Å². The SMILES string of the molecule is CC(NC1CCCSC1C)c1ncc[nH]1. The van der Waals surface area contributed by atoms with Gasteiger partial charge in [0.2, 0.25) is 0 Å². The molecule has 4 heteroatoms. The van der Waals surface area contributed by atoms with Crippen LogP contribution in [0.1, 0.15) is 38.6 Å². The molecule has 15 heavy (non-hydrogen) atoms. The molecule has 1 fully saturated rings. The molecular weight excluding hydrogens is 206 g/mol. The zero-order valence-electron chi connectivity index (χ0n) is 9.36. The molecule has 1 aliphatic heterocycles. The lowest BCUT2D eigenvalue weighted by atomic mass is 10.1. The monoisotopic (exact) mass is 225 g/mol. The largest absolute Gasteiger partial charge is 0.347 e. The van der Waals surface area contributed by atoms with Crippen LogP contribution < -0.4 is 5.32 Å². The summed E-state index contributed by atoms with van der Waals surface area (Å²) in [4.78, 5) is 7.44. The molecule has 3 unspecified atom stereocenters. The highest BCUT2D eigenvalue weighted by molar-refractivity contribution is 7.99. The second-order valence-corrected chi connectivity index (χ2v) is 5.67. The summed E-state index contributed by atoms with van der Waals surface area (Å²) in [7, 11) is 0. The van der Waals surface area contributed by atoms with E-state index in [-0.39, 0.29) is 0 Å². The lowest BCUT2D eigenvalue weighted by molar-refractivity contribution is 0.409. The van der Waals surface area contributed by atoms with E-state index >= 15 is 0 Å². The number of thioether (sulfide) groups is 1. The van der Waals surface area contributed by atoms with Crippen molar-refractivity contribution in [1.29, 1.82) is 0 Å². The molecule has 0 aromatic carbocycles. The summed E-state index contributed by atoms with van der Waals surface area (Å²) in [5.74, 6) is 2.35. The van der Waals surface area contributed by atoms with Crippen LogP contribution in [0.4, 0.5) is 0 Å². The summed E-state index contributed by atoms with van der Waals surface area (Å²) < 4.78 is 0. The third-order valence-electron chi connectivity index (χ3n) is 3.00. The summed E-state index contributed by atoms with van der Waals surface area (Å²) in [6, 6.07) is 0.954. The van der Waals surface area contributed by atoms with Crippen LogP contribution in [0.3, 0.4) is 0 Å². The maximum Gasteiger partial charge on any atom is 0.122 e. The van der Waals surface area contributed by atoms with Gasteiger partial charge in [-0.15, -0.1) is 0 Å². The smallest absolute Gasteiger partial charge is 0.122 e. The third-order valence-corrected chi connectivity index (χ3v) is 4.38. The number of rotatable bonds is 3. The number of aromatic amines is 1. The van der Waals surface area contributed by atoms with E-state index < -0.39 is 0 Å². The first-order chi connectivity index (χ1) is 7.27. The minimum absolute atomic E-state index is 0.325. The van der Waals surface area contributed by atoms with E-state index in [4.69, 9.17) is 0 Å². The average Bonchev–Trinajstić information content (AvgIpc) is 2.74. The molecule has 0 spiro atoms.